The molecule has 6 nitrogen and oxygen atoms in total. The van der Waals surface area contributed by atoms with Gasteiger partial charge in [0.1, 0.15) is 9.79 Å². The lowest BCUT2D eigenvalue weighted by molar-refractivity contribution is -0.262. The molecule has 0 fully saturated rings. The highest BCUT2D eigenvalue weighted by Gasteiger charge is 2.18. The molecule has 0 aliphatic carbocycles. The average Bonchev–Trinajstić information content (AvgIpc) is 2.47. The zero-order chi connectivity index (χ0) is 17.1. The summed E-state index contributed by atoms with van der Waals surface area (Å²) in [4.78, 5) is 0.0998. The Morgan fingerprint density at radius 1 is 0.783 bits per heavy atom. The summed E-state index contributed by atoms with van der Waals surface area (Å²) in [6, 6.07) is 12.4. The Balaban J connectivity index is 2.17. The lowest BCUT2D eigenvalue weighted by Gasteiger charge is -2.00. The first-order valence-electron chi connectivity index (χ1n) is 6.70. The normalized spacial score (nSPS) is 12.4. The average molecular weight is 353 g/mol. The molecule has 0 atom stereocenters. The van der Waals surface area contributed by atoms with Gasteiger partial charge >= 0.3 is 20.0 Å². The van der Waals surface area contributed by atoms with Crippen molar-refractivity contribution >= 4 is 26.4 Å². The quantitative estimate of drug-likeness (QED) is 0.588. The number of aryl methyl sites for hydroxylation is 2. The van der Waals surface area contributed by atoms with Crippen molar-refractivity contribution in [2.75, 3.05) is 0 Å². The zero-order valence-electron chi connectivity index (χ0n) is 12.6. The number of sulfonamides is 2. The molecule has 0 bridgehead atoms. The van der Waals surface area contributed by atoms with Crippen molar-refractivity contribution in [3.8, 4) is 0 Å². The van der Waals surface area contributed by atoms with Crippen LogP contribution in [0.15, 0.2) is 58.3 Å². The fraction of sp³-hybridized carbons (Fsp3) is 0.133. The van der Waals surface area contributed by atoms with Crippen LogP contribution >= 0.6 is 0 Å². The molecule has 0 aliphatic heterocycles. The third-order valence-electron chi connectivity index (χ3n) is 3.09. The first-order valence-corrected chi connectivity index (χ1v) is 9.67. The Hall–Kier alpha value is -2.19. The van der Waals surface area contributed by atoms with Crippen LogP contribution in [0.3, 0.4) is 0 Å². The highest BCUT2D eigenvalue weighted by Crippen LogP contribution is 2.09. The largest absolute Gasteiger partial charge is 0.328 e. The molecule has 122 valence electrons. The van der Waals surface area contributed by atoms with Crippen molar-refractivity contribution in [3.05, 3.63) is 59.7 Å². The zero-order valence-corrected chi connectivity index (χ0v) is 14.3. The minimum Gasteiger partial charge on any atom is -0.179 e. The number of benzene rings is 2. The van der Waals surface area contributed by atoms with E-state index in [0.717, 1.165) is 17.5 Å². The SMILES string of the molecule is Cc1ccc(S(=O)(=O)NC=[NH+]S(=O)(=O)c2ccc(C)cc2)cc1. The summed E-state index contributed by atoms with van der Waals surface area (Å²) in [5, 5.41) is 0. The van der Waals surface area contributed by atoms with E-state index in [9.17, 15) is 16.8 Å². The molecule has 0 saturated carbocycles. The molecule has 0 aliphatic rings. The molecular formula is C15H17N2O4S2+. The lowest BCUT2D eigenvalue weighted by atomic mass is 10.2. The van der Waals surface area contributed by atoms with E-state index in [4.69, 9.17) is 0 Å². The molecule has 0 radical (unpaired) electrons. The molecule has 0 heterocycles. The van der Waals surface area contributed by atoms with Crippen LogP contribution in [0.25, 0.3) is 0 Å². The van der Waals surface area contributed by atoms with E-state index in [0.29, 0.717) is 0 Å². The van der Waals surface area contributed by atoms with Crippen LogP contribution in [-0.4, -0.2) is 23.2 Å². The maximum atomic E-state index is 12.0. The summed E-state index contributed by atoms with van der Waals surface area (Å²) < 4.78 is 52.3. The lowest BCUT2D eigenvalue weighted by Crippen LogP contribution is -2.75. The maximum absolute atomic E-state index is 12.0. The highest BCUT2D eigenvalue weighted by molar-refractivity contribution is 7.90. The van der Waals surface area contributed by atoms with Crippen molar-refractivity contribution in [1.82, 2.24) is 4.72 Å². The van der Waals surface area contributed by atoms with Crippen molar-refractivity contribution in [3.63, 3.8) is 0 Å². The minimum atomic E-state index is -3.82. The Kier molecular flexibility index (Phi) is 4.86. The first kappa shape index (κ1) is 17.2. The Labute approximate surface area is 136 Å². The second-order valence-electron chi connectivity index (χ2n) is 5.01. The number of rotatable bonds is 5. The summed E-state index contributed by atoms with van der Waals surface area (Å²) >= 11 is 0. The Morgan fingerprint density at radius 3 is 1.70 bits per heavy atom. The van der Waals surface area contributed by atoms with Gasteiger partial charge in [-0.15, -0.1) is 0 Å². The van der Waals surface area contributed by atoms with Gasteiger partial charge in [0.2, 0.25) is 0 Å². The van der Waals surface area contributed by atoms with E-state index >= 15 is 0 Å². The number of nitrogens with one attached hydrogen (secondary N) is 2. The van der Waals surface area contributed by atoms with Crippen molar-refractivity contribution < 1.29 is 21.2 Å². The summed E-state index contributed by atoms with van der Waals surface area (Å²) in [6.45, 7) is 3.68. The molecule has 0 unspecified atom stereocenters. The van der Waals surface area contributed by atoms with Gasteiger partial charge < -0.3 is 0 Å². The molecular weight excluding hydrogens is 336 g/mol. The molecule has 0 amide bonds. The van der Waals surface area contributed by atoms with Crippen molar-refractivity contribution in [2.24, 2.45) is 0 Å². The van der Waals surface area contributed by atoms with Gasteiger partial charge in [-0.1, -0.05) is 35.4 Å². The van der Waals surface area contributed by atoms with Crippen LogP contribution in [-0.2, 0) is 20.0 Å². The number of hydrogen-bond acceptors (Lipinski definition) is 4. The van der Waals surface area contributed by atoms with Gasteiger partial charge in [-0.2, -0.15) is 26.0 Å². The van der Waals surface area contributed by atoms with Gasteiger partial charge in [0.05, 0.1) is 0 Å². The summed E-state index contributed by atoms with van der Waals surface area (Å²) in [7, 11) is -7.64. The first-order chi connectivity index (χ1) is 10.7. The second kappa shape index (κ2) is 6.51. The van der Waals surface area contributed by atoms with Crippen LogP contribution in [0.5, 0.6) is 0 Å². The van der Waals surface area contributed by atoms with Crippen LogP contribution in [0.2, 0.25) is 0 Å². The molecule has 23 heavy (non-hydrogen) atoms. The molecule has 2 N–H and O–H groups in total. The monoisotopic (exact) mass is 353 g/mol. The molecule has 2 aromatic rings. The van der Waals surface area contributed by atoms with E-state index < -0.39 is 20.0 Å². The van der Waals surface area contributed by atoms with Crippen molar-refractivity contribution in [2.45, 2.75) is 23.6 Å². The van der Waals surface area contributed by atoms with E-state index in [2.05, 4.69) is 9.12 Å². The molecule has 0 spiro atoms. The summed E-state index contributed by atoms with van der Waals surface area (Å²) in [5.41, 5.74) is 1.85. The van der Waals surface area contributed by atoms with Crippen molar-refractivity contribution in [1.29, 1.82) is 0 Å². The fourth-order valence-electron chi connectivity index (χ4n) is 1.75. The van der Waals surface area contributed by atoms with Crippen LogP contribution in [0.4, 0.5) is 0 Å². The molecule has 8 heteroatoms. The van der Waals surface area contributed by atoms with Crippen LogP contribution < -0.4 is 9.12 Å². The summed E-state index contributed by atoms with van der Waals surface area (Å²) in [6.07, 6.45) is 0.796. The Bertz CT molecular complexity index is 914. The second-order valence-corrected chi connectivity index (χ2v) is 8.44. The minimum absolute atomic E-state index is 0.0499. The maximum Gasteiger partial charge on any atom is 0.328 e. The van der Waals surface area contributed by atoms with E-state index in [-0.39, 0.29) is 9.79 Å². The van der Waals surface area contributed by atoms with Gasteiger partial charge in [0, 0.05) is 0 Å². The molecule has 2 rings (SSSR count). The number of hydrogen-bond donors (Lipinski definition) is 2. The fourth-order valence-corrected chi connectivity index (χ4v) is 3.51. The standard InChI is InChI=1S/C15H16N2O4S2/c1-12-3-7-14(8-4-12)22(18,19)16-11-17-23(20,21)15-9-5-13(2)6-10-15/h3-11H,1-2H3,(H,16,17)/p+1. The Morgan fingerprint density at radius 2 is 1.22 bits per heavy atom. The van der Waals surface area contributed by atoms with E-state index in [1.165, 1.54) is 24.3 Å². The molecule has 0 aromatic heterocycles. The molecule has 2 aromatic carbocycles. The van der Waals surface area contributed by atoms with Gasteiger partial charge in [0.15, 0.2) is 0 Å². The van der Waals surface area contributed by atoms with Gasteiger partial charge in [0.25, 0.3) is 6.34 Å². The topological polar surface area (TPSA) is 94.3 Å². The van der Waals surface area contributed by atoms with Crippen LogP contribution in [0.1, 0.15) is 11.1 Å². The van der Waals surface area contributed by atoms with Gasteiger partial charge in [-0.25, -0.2) is 0 Å². The van der Waals surface area contributed by atoms with Crippen LogP contribution in [0, 0.1) is 13.8 Å². The van der Waals surface area contributed by atoms with E-state index in [1.54, 1.807) is 24.3 Å². The predicted molar refractivity (Wildman–Crippen MR) is 86.9 cm³/mol. The van der Waals surface area contributed by atoms with Gasteiger partial charge in [-0.05, 0) is 38.1 Å². The predicted octanol–water partition coefficient (Wildman–Crippen LogP) is 0.0795. The molecule has 0 saturated heterocycles. The third kappa shape index (κ3) is 4.40. The third-order valence-corrected chi connectivity index (χ3v) is 5.73. The highest BCUT2D eigenvalue weighted by atomic mass is 32.2. The smallest absolute Gasteiger partial charge is 0.179 e. The van der Waals surface area contributed by atoms with Gasteiger partial charge in [-0.3, -0.25) is 0 Å². The van der Waals surface area contributed by atoms with E-state index in [1.807, 2.05) is 13.8 Å². The summed E-state index contributed by atoms with van der Waals surface area (Å²) in [5.74, 6) is 0.